The molecule has 194 valence electrons. The van der Waals surface area contributed by atoms with E-state index in [1.165, 1.54) is 32.6 Å². The largest absolute Gasteiger partial charge is 0.392 e. The van der Waals surface area contributed by atoms with Gasteiger partial charge in [-0.25, -0.2) is 0 Å². The summed E-state index contributed by atoms with van der Waals surface area (Å²) in [5.41, 5.74) is 3.98. The molecule has 4 unspecified atom stereocenters. The third-order valence-electron chi connectivity index (χ3n) is 7.54. The van der Waals surface area contributed by atoms with Crippen LogP contribution in [0.2, 0.25) is 0 Å². The maximum atomic E-state index is 11.3. The third-order valence-corrected chi connectivity index (χ3v) is 7.54. The molecule has 1 aliphatic heterocycles. The molecule has 0 radical (unpaired) electrons. The minimum Gasteiger partial charge on any atom is -0.392 e. The number of amides is 1. The molecule has 2 aromatic rings. The van der Waals surface area contributed by atoms with Gasteiger partial charge >= 0.3 is 0 Å². The predicted octanol–water partition coefficient (Wildman–Crippen LogP) is 5.04. The van der Waals surface area contributed by atoms with Crippen molar-refractivity contribution in [3.05, 3.63) is 83.4 Å². The van der Waals surface area contributed by atoms with Crippen LogP contribution in [-0.4, -0.2) is 41.1 Å². The van der Waals surface area contributed by atoms with Crippen molar-refractivity contribution in [3.63, 3.8) is 0 Å². The second kappa shape index (κ2) is 12.6. The van der Waals surface area contributed by atoms with E-state index in [9.17, 15) is 9.90 Å². The van der Waals surface area contributed by atoms with Crippen molar-refractivity contribution in [2.24, 2.45) is 5.92 Å². The standard InChI is InChI=1S/C30H40N2O4/c1-4-17-32(27-7-5-6-8-27)19-28-21(2)29(25-13-11-24(20-33)12-14-25)36-30(35-28)26-15-9-23(10-16-26)18-31-22(3)34/h4,9-16,21,27-30,33H,1,5-8,17-20H2,2-3H3,(H,31,34). The van der Waals surface area contributed by atoms with Gasteiger partial charge < -0.3 is 19.9 Å². The number of benzene rings is 2. The Bertz CT molecular complexity index is 985. The maximum Gasteiger partial charge on any atom is 0.217 e. The fourth-order valence-corrected chi connectivity index (χ4v) is 5.39. The Morgan fingerprint density at radius 3 is 2.31 bits per heavy atom. The van der Waals surface area contributed by atoms with Gasteiger partial charge in [-0.05, 0) is 29.5 Å². The number of hydrogen-bond acceptors (Lipinski definition) is 5. The van der Waals surface area contributed by atoms with Gasteiger partial charge in [-0.1, -0.05) is 74.4 Å². The zero-order valence-electron chi connectivity index (χ0n) is 21.6. The van der Waals surface area contributed by atoms with Crippen molar-refractivity contribution in [2.75, 3.05) is 13.1 Å². The van der Waals surface area contributed by atoms with Gasteiger partial charge in [0.15, 0.2) is 6.29 Å². The van der Waals surface area contributed by atoms with Gasteiger partial charge in [0.1, 0.15) is 0 Å². The van der Waals surface area contributed by atoms with Crippen LogP contribution in [0.15, 0.2) is 61.2 Å². The van der Waals surface area contributed by atoms with Crippen LogP contribution in [0.1, 0.15) is 74.2 Å². The van der Waals surface area contributed by atoms with Crippen LogP contribution in [0.5, 0.6) is 0 Å². The molecule has 1 saturated carbocycles. The first-order chi connectivity index (χ1) is 17.5. The van der Waals surface area contributed by atoms with Crippen molar-refractivity contribution in [1.29, 1.82) is 0 Å². The van der Waals surface area contributed by atoms with E-state index in [4.69, 9.17) is 9.47 Å². The first-order valence-corrected chi connectivity index (χ1v) is 13.2. The summed E-state index contributed by atoms with van der Waals surface area (Å²) in [6.45, 7) is 9.96. The Morgan fingerprint density at radius 2 is 1.69 bits per heavy atom. The Morgan fingerprint density at radius 1 is 1.06 bits per heavy atom. The molecule has 1 heterocycles. The maximum absolute atomic E-state index is 11.3. The monoisotopic (exact) mass is 492 g/mol. The number of ether oxygens (including phenoxy) is 2. The smallest absolute Gasteiger partial charge is 0.217 e. The molecule has 2 fully saturated rings. The Labute approximate surface area is 215 Å². The van der Waals surface area contributed by atoms with Crippen molar-refractivity contribution in [1.82, 2.24) is 10.2 Å². The van der Waals surface area contributed by atoms with Gasteiger partial charge in [0.05, 0.1) is 18.8 Å². The van der Waals surface area contributed by atoms with Gasteiger partial charge in [-0.3, -0.25) is 9.69 Å². The van der Waals surface area contributed by atoms with Crippen LogP contribution in [0, 0.1) is 5.92 Å². The molecule has 4 rings (SSSR count). The normalized spacial score (nSPS) is 24.7. The molecule has 1 aliphatic carbocycles. The number of nitrogens with one attached hydrogen (secondary N) is 1. The van der Waals surface area contributed by atoms with Gasteiger partial charge in [-0.2, -0.15) is 0 Å². The quantitative estimate of drug-likeness (QED) is 0.455. The highest BCUT2D eigenvalue weighted by Gasteiger charge is 2.40. The summed E-state index contributed by atoms with van der Waals surface area (Å²) >= 11 is 0. The van der Waals surface area contributed by atoms with Crippen molar-refractivity contribution in [2.45, 2.75) is 77.2 Å². The molecule has 36 heavy (non-hydrogen) atoms. The number of carbonyl (C=O) groups is 1. The van der Waals surface area contributed by atoms with Crippen LogP contribution in [0.3, 0.4) is 0 Å². The molecule has 6 heteroatoms. The zero-order valence-corrected chi connectivity index (χ0v) is 21.6. The number of aliphatic hydroxyl groups is 1. The molecule has 1 amide bonds. The zero-order chi connectivity index (χ0) is 25.5. The SMILES string of the molecule is C=CCN(CC1OC(c2ccc(CNC(C)=O)cc2)OC(c2ccc(CO)cc2)C1C)C1CCCC1. The molecule has 2 aromatic carbocycles. The van der Waals surface area contributed by atoms with Crippen molar-refractivity contribution >= 4 is 5.91 Å². The second-order valence-electron chi connectivity index (χ2n) is 10.2. The minimum atomic E-state index is -0.488. The number of hydrogen-bond donors (Lipinski definition) is 2. The first-order valence-electron chi connectivity index (χ1n) is 13.2. The molecule has 0 bridgehead atoms. The summed E-state index contributed by atoms with van der Waals surface area (Å²) in [6, 6.07) is 16.7. The van der Waals surface area contributed by atoms with Gasteiger partial charge in [0, 0.05) is 44.1 Å². The van der Waals surface area contributed by atoms with Gasteiger partial charge in [0.2, 0.25) is 5.91 Å². The summed E-state index contributed by atoms with van der Waals surface area (Å²) in [6.07, 6.45) is 6.41. The summed E-state index contributed by atoms with van der Waals surface area (Å²) in [5.74, 6) is 0.102. The number of carbonyl (C=O) groups excluding carboxylic acids is 1. The van der Waals surface area contributed by atoms with Gasteiger partial charge in [0.25, 0.3) is 0 Å². The summed E-state index contributed by atoms with van der Waals surface area (Å²) in [4.78, 5) is 13.8. The van der Waals surface area contributed by atoms with Gasteiger partial charge in [-0.15, -0.1) is 6.58 Å². The molecule has 2 aliphatic rings. The lowest BCUT2D eigenvalue weighted by atomic mass is 9.89. The fraction of sp³-hybridized carbons (Fsp3) is 0.500. The van der Waals surface area contributed by atoms with E-state index in [0.717, 1.165) is 35.3 Å². The molecule has 1 saturated heterocycles. The van der Waals surface area contributed by atoms with E-state index >= 15 is 0 Å². The lowest BCUT2D eigenvalue weighted by Gasteiger charge is -2.43. The average molecular weight is 493 g/mol. The van der Waals surface area contributed by atoms with Crippen LogP contribution in [0.25, 0.3) is 0 Å². The topological polar surface area (TPSA) is 71.0 Å². The predicted molar refractivity (Wildman–Crippen MR) is 141 cm³/mol. The molecule has 6 nitrogen and oxygen atoms in total. The summed E-state index contributed by atoms with van der Waals surface area (Å²) in [5, 5.41) is 12.3. The highest BCUT2D eigenvalue weighted by Crippen LogP contribution is 2.42. The highest BCUT2D eigenvalue weighted by molar-refractivity contribution is 5.72. The van der Waals surface area contributed by atoms with E-state index in [0.29, 0.717) is 12.6 Å². The molecule has 2 N–H and O–H groups in total. The van der Waals surface area contributed by atoms with Crippen molar-refractivity contribution in [3.8, 4) is 0 Å². The molecular weight excluding hydrogens is 452 g/mol. The summed E-state index contributed by atoms with van der Waals surface area (Å²) < 4.78 is 13.2. The molecule has 0 spiro atoms. The van der Waals surface area contributed by atoms with Crippen molar-refractivity contribution < 1.29 is 19.4 Å². The summed E-state index contributed by atoms with van der Waals surface area (Å²) in [7, 11) is 0. The van der Waals surface area contributed by atoms with Crippen LogP contribution in [0.4, 0.5) is 0 Å². The average Bonchev–Trinajstić information content (AvgIpc) is 3.44. The highest BCUT2D eigenvalue weighted by atomic mass is 16.7. The molecular formula is C30H40N2O4. The number of aliphatic hydroxyl groups excluding tert-OH is 1. The minimum absolute atomic E-state index is 0.00845. The van der Waals surface area contributed by atoms with Crippen LogP contribution in [-0.2, 0) is 27.4 Å². The number of rotatable bonds is 10. The first kappa shape index (κ1) is 26.6. The Kier molecular flexibility index (Phi) is 9.32. The lowest BCUT2D eigenvalue weighted by Crippen LogP contribution is -2.47. The van der Waals surface area contributed by atoms with E-state index in [1.54, 1.807) is 0 Å². The number of nitrogens with zero attached hydrogens (tertiary/aromatic N) is 1. The fourth-order valence-electron chi connectivity index (χ4n) is 5.39. The second-order valence-corrected chi connectivity index (χ2v) is 10.2. The Balaban J connectivity index is 1.57. The Hall–Kier alpha value is -2.51. The molecule has 0 aromatic heterocycles. The molecule has 4 atom stereocenters. The van der Waals surface area contributed by atoms with E-state index < -0.39 is 6.29 Å². The van der Waals surface area contributed by atoms with E-state index in [1.807, 2.05) is 42.5 Å². The van der Waals surface area contributed by atoms with E-state index in [-0.39, 0.29) is 30.6 Å². The lowest BCUT2D eigenvalue weighted by molar-refractivity contribution is -0.276. The van der Waals surface area contributed by atoms with Crippen LogP contribution < -0.4 is 5.32 Å². The third kappa shape index (κ3) is 6.62. The van der Waals surface area contributed by atoms with E-state index in [2.05, 4.69) is 35.9 Å². The van der Waals surface area contributed by atoms with Crippen LogP contribution >= 0.6 is 0 Å².